The Morgan fingerprint density at radius 1 is 1.08 bits per heavy atom. The molecular formula is C20H21NO4. The van der Waals surface area contributed by atoms with Gasteiger partial charge in [-0.05, 0) is 56.5 Å². The van der Waals surface area contributed by atoms with Crippen LogP contribution in [0.25, 0.3) is 10.9 Å². The average molecular weight is 339 g/mol. The molecule has 1 heterocycles. The summed E-state index contributed by atoms with van der Waals surface area (Å²) in [5, 5.41) is 0.426. The lowest BCUT2D eigenvalue weighted by molar-refractivity contribution is 0.294. The van der Waals surface area contributed by atoms with Gasteiger partial charge in [0.05, 0.1) is 17.5 Å². The Morgan fingerprint density at radius 2 is 1.88 bits per heavy atom. The normalized spacial score (nSPS) is 11.0. The SMILES string of the molecule is Cc1ccc2c(c1)c(=O)oc(=O)n2CCCOc1cccc(C)c1C. The third kappa shape index (κ3) is 3.50. The van der Waals surface area contributed by atoms with Crippen LogP contribution in [0.4, 0.5) is 0 Å². The van der Waals surface area contributed by atoms with E-state index in [9.17, 15) is 9.59 Å². The van der Waals surface area contributed by atoms with E-state index in [1.54, 1.807) is 12.1 Å². The molecule has 0 amide bonds. The quantitative estimate of drug-likeness (QED) is 0.669. The monoisotopic (exact) mass is 339 g/mol. The third-order valence-electron chi connectivity index (χ3n) is 4.40. The highest BCUT2D eigenvalue weighted by molar-refractivity contribution is 5.78. The molecular weight excluding hydrogens is 318 g/mol. The van der Waals surface area contributed by atoms with Crippen LogP contribution in [0.5, 0.6) is 5.75 Å². The van der Waals surface area contributed by atoms with Gasteiger partial charge in [0.1, 0.15) is 5.75 Å². The number of fused-ring (bicyclic) bond motifs is 1. The van der Waals surface area contributed by atoms with E-state index in [2.05, 4.69) is 0 Å². The third-order valence-corrected chi connectivity index (χ3v) is 4.40. The van der Waals surface area contributed by atoms with Crippen LogP contribution in [0.3, 0.4) is 0 Å². The molecule has 3 aromatic rings. The number of benzene rings is 2. The molecule has 0 atom stereocenters. The maximum absolute atomic E-state index is 12.1. The summed E-state index contributed by atoms with van der Waals surface area (Å²) < 4.78 is 12.2. The molecule has 5 heteroatoms. The first kappa shape index (κ1) is 17.0. The summed E-state index contributed by atoms with van der Waals surface area (Å²) in [6, 6.07) is 11.3. The van der Waals surface area contributed by atoms with Crippen LogP contribution in [0.15, 0.2) is 50.4 Å². The predicted molar refractivity (Wildman–Crippen MR) is 97.5 cm³/mol. The van der Waals surface area contributed by atoms with Gasteiger partial charge >= 0.3 is 11.4 Å². The van der Waals surface area contributed by atoms with Crippen molar-refractivity contribution in [3.05, 3.63) is 74.1 Å². The van der Waals surface area contributed by atoms with Gasteiger partial charge in [0.25, 0.3) is 0 Å². The zero-order chi connectivity index (χ0) is 18.0. The minimum Gasteiger partial charge on any atom is -0.493 e. The van der Waals surface area contributed by atoms with E-state index in [0.29, 0.717) is 30.5 Å². The lowest BCUT2D eigenvalue weighted by Crippen LogP contribution is -2.25. The molecule has 0 aliphatic carbocycles. The molecule has 1 aromatic heterocycles. The summed E-state index contributed by atoms with van der Waals surface area (Å²) in [4.78, 5) is 23.9. The Labute approximate surface area is 145 Å². The van der Waals surface area contributed by atoms with Gasteiger partial charge < -0.3 is 9.15 Å². The van der Waals surface area contributed by atoms with E-state index in [-0.39, 0.29) is 0 Å². The summed E-state index contributed by atoms with van der Waals surface area (Å²) in [6.45, 7) is 6.86. The maximum Gasteiger partial charge on any atom is 0.422 e. The molecule has 0 bridgehead atoms. The van der Waals surface area contributed by atoms with Crippen molar-refractivity contribution in [2.45, 2.75) is 33.7 Å². The Balaban J connectivity index is 1.77. The number of nitrogens with zero attached hydrogens (tertiary/aromatic N) is 1. The van der Waals surface area contributed by atoms with Gasteiger partial charge in [-0.1, -0.05) is 23.8 Å². The van der Waals surface area contributed by atoms with Crippen molar-refractivity contribution in [1.29, 1.82) is 0 Å². The first-order valence-corrected chi connectivity index (χ1v) is 8.30. The van der Waals surface area contributed by atoms with Crippen LogP contribution >= 0.6 is 0 Å². The summed E-state index contributed by atoms with van der Waals surface area (Å²) in [5.74, 6) is 0.223. The fourth-order valence-corrected chi connectivity index (χ4v) is 2.83. The van der Waals surface area contributed by atoms with Gasteiger partial charge in [-0.3, -0.25) is 4.57 Å². The zero-order valence-corrected chi connectivity index (χ0v) is 14.7. The highest BCUT2D eigenvalue weighted by Gasteiger charge is 2.09. The molecule has 0 saturated carbocycles. The molecule has 130 valence electrons. The second-order valence-corrected chi connectivity index (χ2v) is 6.23. The summed E-state index contributed by atoms with van der Waals surface area (Å²) in [6.07, 6.45) is 0.629. The number of ether oxygens (including phenoxy) is 1. The maximum atomic E-state index is 12.1. The second kappa shape index (κ2) is 6.97. The molecule has 25 heavy (non-hydrogen) atoms. The van der Waals surface area contributed by atoms with E-state index >= 15 is 0 Å². The van der Waals surface area contributed by atoms with Crippen molar-refractivity contribution >= 4 is 10.9 Å². The molecule has 0 aliphatic rings. The zero-order valence-electron chi connectivity index (χ0n) is 14.7. The van der Waals surface area contributed by atoms with E-state index in [1.807, 2.05) is 45.0 Å². The van der Waals surface area contributed by atoms with E-state index < -0.39 is 11.4 Å². The van der Waals surface area contributed by atoms with Crippen molar-refractivity contribution in [2.24, 2.45) is 0 Å². The molecule has 0 N–H and O–H groups in total. The molecule has 2 aromatic carbocycles. The van der Waals surface area contributed by atoms with Gasteiger partial charge in [-0.25, -0.2) is 9.59 Å². The number of aryl methyl sites for hydroxylation is 3. The second-order valence-electron chi connectivity index (χ2n) is 6.23. The van der Waals surface area contributed by atoms with Gasteiger partial charge in [-0.15, -0.1) is 0 Å². The summed E-state index contributed by atoms with van der Waals surface area (Å²) in [7, 11) is 0. The lowest BCUT2D eigenvalue weighted by atomic mass is 10.1. The minimum absolute atomic E-state index is 0.424. The van der Waals surface area contributed by atoms with E-state index in [0.717, 1.165) is 16.9 Å². The Hall–Kier alpha value is -2.82. The Bertz CT molecular complexity index is 1030. The average Bonchev–Trinajstić information content (AvgIpc) is 2.58. The molecule has 3 rings (SSSR count). The van der Waals surface area contributed by atoms with Crippen LogP contribution in [-0.4, -0.2) is 11.2 Å². The van der Waals surface area contributed by atoms with Crippen LogP contribution in [0.2, 0.25) is 0 Å². The highest BCUT2D eigenvalue weighted by atomic mass is 16.5. The van der Waals surface area contributed by atoms with Crippen LogP contribution in [0.1, 0.15) is 23.1 Å². The largest absolute Gasteiger partial charge is 0.493 e. The first-order chi connectivity index (χ1) is 12.0. The number of rotatable bonds is 5. The smallest absolute Gasteiger partial charge is 0.422 e. The fourth-order valence-electron chi connectivity index (χ4n) is 2.83. The summed E-state index contributed by atoms with van der Waals surface area (Å²) >= 11 is 0. The van der Waals surface area contributed by atoms with Crippen molar-refractivity contribution in [2.75, 3.05) is 6.61 Å². The molecule has 0 unspecified atom stereocenters. The first-order valence-electron chi connectivity index (χ1n) is 8.30. The van der Waals surface area contributed by atoms with E-state index in [1.165, 1.54) is 10.1 Å². The van der Waals surface area contributed by atoms with Crippen molar-refractivity contribution in [3.8, 4) is 5.75 Å². The highest BCUT2D eigenvalue weighted by Crippen LogP contribution is 2.20. The Kier molecular flexibility index (Phi) is 4.74. The number of aromatic nitrogens is 1. The Morgan fingerprint density at radius 3 is 2.68 bits per heavy atom. The fraction of sp³-hybridized carbons (Fsp3) is 0.300. The van der Waals surface area contributed by atoms with Gasteiger partial charge in [0.15, 0.2) is 0 Å². The van der Waals surface area contributed by atoms with Gasteiger partial charge in [0.2, 0.25) is 0 Å². The molecule has 0 saturated heterocycles. The van der Waals surface area contributed by atoms with Crippen LogP contribution < -0.4 is 16.1 Å². The molecule has 5 nitrogen and oxygen atoms in total. The van der Waals surface area contributed by atoms with Crippen molar-refractivity contribution in [3.63, 3.8) is 0 Å². The lowest BCUT2D eigenvalue weighted by Gasteiger charge is -2.12. The van der Waals surface area contributed by atoms with Gasteiger partial charge in [-0.2, -0.15) is 0 Å². The van der Waals surface area contributed by atoms with Crippen molar-refractivity contribution < 1.29 is 9.15 Å². The van der Waals surface area contributed by atoms with Crippen molar-refractivity contribution in [1.82, 2.24) is 4.57 Å². The van der Waals surface area contributed by atoms with Crippen LogP contribution in [-0.2, 0) is 6.54 Å². The predicted octanol–water partition coefficient (Wildman–Crippen LogP) is 3.35. The molecule has 0 aliphatic heterocycles. The summed E-state index contributed by atoms with van der Waals surface area (Å²) in [5.41, 5.74) is 3.25. The standard InChI is InChI=1S/C20H21NO4/c1-13-8-9-17-16(12-13)19(22)25-20(23)21(17)10-5-11-24-18-7-4-6-14(2)15(18)3/h4,6-9,12H,5,10-11H2,1-3H3. The molecule has 0 radical (unpaired) electrons. The topological polar surface area (TPSA) is 61.4 Å². The van der Waals surface area contributed by atoms with Crippen LogP contribution in [0, 0.1) is 20.8 Å². The molecule has 0 spiro atoms. The number of hydrogen-bond donors (Lipinski definition) is 0. The number of hydrogen-bond acceptors (Lipinski definition) is 4. The van der Waals surface area contributed by atoms with Gasteiger partial charge in [0, 0.05) is 6.54 Å². The molecule has 0 fully saturated rings. The van der Waals surface area contributed by atoms with E-state index in [4.69, 9.17) is 9.15 Å². The minimum atomic E-state index is -0.631.